The molecule has 1 aliphatic carbocycles. The highest BCUT2D eigenvalue weighted by Crippen LogP contribution is 2.46. The number of fused-ring (bicyclic) bond motifs is 1. The second-order valence-corrected chi connectivity index (χ2v) is 3.68. The van der Waals surface area contributed by atoms with Crippen LogP contribution in [-0.2, 0) is 5.60 Å². The van der Waals surface area contributed by atoms with E-state index in [1.54, 1.807) is 0 Å². The molecule has 0 radical (unpaired) electrons. The van der Waals surface area contributed by atoms with Gasteiger partial charge in [0.25, 0.3) is 0 Å². The normalized spacial score (nSPS) is 19.2. The van der Waals surface area contributed by atoms with Crippen molar-refractivity contribution in [1.82, 2.24) is 0 Å². The first-order chi connectivity index (χ1) is 6.28. The number of para-hydroxylation sites is 1. The van der Waals surface area contributed by atoms with Gasteiger partial charge in [0, 0.05) is 5.39 Å². The lowest BCUT2D eigenvalue weighted by atomic mass is 10.2. The predicted octanol–water partition coefficient (Wildman–Crippen LogP) is 2.41. The summed E-state index contributed by atoms with van der Waals surface area (Å²) in [6.07, 6.45) is 1.65. The molecule has 0 spiro atoms. The van der Waals surface area contributed by atoms with Gasteiger partial charge in [-0.05, 0) is 25.0 Å². The van der Waals surface area contributed by atoms with Crippen LogP contribution < -0.4 is 0 Å². The molecule has 3 rings (SSSR count). The molecule has 0 unspecified atom stereocenters. The van der Waals surface area contributed by atoms with E-state index in [2.05, 4.69) is 0 Å². The van der Waals surface area contributed by atoms with Crippen molar-refractivity contribution in [1.29, 1.82) is 0 Å². The van der Waals surface area contributed by atoms with Crippen molar-refractivity contribution in [2.24, 2.45) is 0 Å². The van der Waals surface area contributed by atoms with Gasteiger partial charge < -0.3 is 9.52 Å². The highest BCUT2D eigenvalue weighted by molar-refractivity contribution is 5.78. The SMILES string of the molecule is OC1(c2cc3ccccc3o2)CC1. The number of aliphatic hydroxyl groups is 1. The van der Waals surface area contributed by atoms with E-state index < -0.39 is 5.60 Å². The van der Waals surface area contributed by atoms with Crippen molar-refractivity contribution in [3.63, 3.8) is 0 Å². The third kappa shape index (κ3) is 0.988. The molecule has 1 aromatic carbocycles. The Labute approximate surface area is 75.8 Å². The number of benzene rings is 1. The number of hydrogen-bond donors (Lipinski definition) is 1. The van der Waals surface area contributed by atoms with Crippen molar-refractivity contribution in [2.75, 3.05) is 0 Å². The second-order valence-electron chi connectivity index (χ2n) is 3.68. The van der Waals surface area contributed by atoms with Crippen LogP contribution in [0.1, 0.15) is 18.6 Å². The Balaban J connectivity index is 2.22. The minimum Gasteiger partial charge on any atom is -0.458 e. The minimum absolute atomic E-state index is 0.654. The maximum atomic E-state index is 9.81. The summed E-state index contributed by atoms with van der Waals surface area (Å²) < 4.78 is 5.54. The topological polar surface area (TPSA) is 33.4 Å². The average molecular weight is 174 g/mol. The molecule has 1 saturated carbocycles. The van der Waals surface area contributed by atoms with Gasteiger partial charge in [-0.15, -0.1) is 0 Å². The van der Waals surface area contributed by atoms with Crippen LogP contribution in [0.15, 0.2) is 34.7 Å². The molecule has 1 fully saturated rings. The summed E-state index contributed by atoms with van der Waals surface area (Å²) in [5, 5.41) is 10.9. The second kappa shape index (κ2) is 2.15. The fourth-order valence-corrected chi connectivity index (χ4v) is 1.58. The maximum absolute atomic E-state index is 9.81. The molecule has 2 aromatic rings. The molecule has 0 bridgehead atoms. The van der Waals surface area contributed by atoms with Crippen LogP contribution in [0.3, 0.4) is 0 Å². The van der Waals surface area contributed by atoms with Gasteiger partial charge in [-0.25, -0.2) is 0 Å². The van der Waals surface area contributed by atoms with E-state index in [0.29, 0.717) is 5.76 Å². The van der Waals surface area contributed by atoms with E-state index in [9.17, 15) is 5.11 Å². The molecule has 2 heteroatoms. The minimum atomic E-state index is -0.654. The van der Waals surface area contributed by atoms with Crippen LogP contribution >= 0.6 is 0 Å². The Morgan fingerprint density at radius 3 is 2.69 bits per heavy atom. The fourth-order valence-electron chi connectivity index (χ4n) is 1.58. The van der Waals surface area contributed by atoms with Gasteiger partial charge in [0.1, 0.15) is 16.9 Å². The molecule has 1 N–H and O–H groups in total. The first-order valence-corrected chi connectivity index (χ1v) is 4.49. The predicted molar refractivity (Wildman–Crippen MR) is 49.3 cm³/mol. The van der Waals surface area contributed by atoms with Crippen LogP contribution in [0, 0.1) is 0 Å². The van der Waals surface area contributed by atoms with E-state index in [1.807, 2.05) is 30.3 Å². The summed E-state index contributed by atoms with van der Waals surface area (Å²) >= 11 is 0. The third-order valence-corrected chi connectivity index (χ3v) is 2.61. The lowest BCUT2D eigenvalue weighted by molar-refractivity contribution is 0.125. The summed E-state index contributed by atoms with van der Waals surface area (Å²) in [6.45, 7) is 0. The van der Waals surface area contributed by atoms with E-state index in [0.717, 1.165) is 23.8 Å². The Morgan fingerprint density at radius 1 is 1.23 bits per heavy atom. The summed E-state index contributed by atoms with van der Waals surface area (Å²) in [4.78, 5) is 0. The van der Waals surface area contributed by atoms with Gasteiger partial charge >= 0.3 is 0 Å². The summed E-state index contributed by atoms with van der Waals surface area (Å²) in [6, 6.07) is 9.76. The summed E-state index contributed by atoms with van der Waals surface area (Å²) in [5.41, 5.74) is 0.205. The van der Waals surface area contributed by atoms with E-state index in [-0.39, 0.29) is 0 Å². The van der Waals surface area contributed by atoms with Crippen molar-refractivity contribution in [2.45, 2.75) is 18.4 Å². The Kier molecular flexibility index (Phi) is 1.18. The lowest BCUT2D eigenvalue weighted by Gasteiger charge is -1.99. The number of furan rings is 1. The number of rotatable bonds is 1. The Hall–Kier alpha value is -1.28. The summed E-state index contributed by atoms with van der Waals surface area (Å²) in [5.74, 6) is 0.716. The van der Waals surface area contributed by atoms with Gasteiger partial charge in [0.15, 0.2) is 0 Å². The number of hydrogen-bond acceptors (Lipinski definition) is 2. The fraction of sp³-hybridized carbons (Fsp3) is 0.273. The van der Waals surface area contributed by atoms with Crippen molar-refractivity contribution in [3.8, 4) is 0 Å². The van der Waals surface area contributed by atoms with Gasteiger partial charge in [0.05, 0.1) is 0 Å². The molecular weight excluding hydrogens is 164 g/mol. The first kappa shape index (κ1) is 7.15. The molecule has 2 nitrogen and oxygen atoms in total. The van der Waals surface area contributed by atoms with Gasteiger partial charge in [-0.1, -0.05) is 18.2 Å². The van der Waals surface area contributed by atoms with Crippen molar-refractivity contribution >= 4 is 11.0 Å². The highest BCUT2D eigenvalue weighted by atomic mass is 16.4. The molecule has 1 aromatic heterocycles. The molecule has 0 amide bonds. The molecule has 1 heterocycles. The average Bonchev–Trinajstić information content (AvgIpc) is 2.76. The monoisotopic (exact) mass is 174 g/mol. The van der Waals surface area contributed by atoms with E-state index in [4.69, 9.17) is 4.42 Å². The quantitative estimate of drug-likeness (QED) is 0.720. The molecule has 0 aliphatic heterocycles. The van der Waals surface area contributed by atoms with Gasteiger partial charge in [-0.3, -0.25) is 0 Å². The molecule has 66 valence electrons. The molecule has 1 aliphatic rings. The first-order valence-electron chi connectivity index (χ1n) is 4.49. The molecule has 13 heavy (non-hydrogen) atoms. The zero-order valence-electron chi connectivity index (χ0n) is 7.16. The van der Waals surface area contributed by atoms with Crippen molar-refractivity contribution in [3.05, 3.63) is 36.1 Å². The van der Waals surface area contributed by atoms with Crippen LogP contribution in [-0.4, -0.2) is 5.11 Å². The zero-order valence-corrected chi connectivity index (χ0v) is 7.16. The Bertz CT molecular complexity index is 419. The third-order valence-electron chi connectivity index (χ3n) is 2.61. The lowest BCUT2D eigenvalue weighted by Crippen LogP contribution is -2.00. The van der Waals surface area contributed by atoms with Crippen LogP contribution in [0.25, 0.3) is 11.0 Å². The Morgan fingerprint density at radius 2 is 2.00 bits per heavy atom. The van der Waals surface area contributed by atoms with E-state index >= 15 is 0 Å². The van der Waals surface area contributed by atoms with E-state index in [1.165, 1.54) is 0 Å². The molecular formula is C11H10O2. The standard InChI is InChI=1S/C11H10O2/c12-11(5-6-11)10-7-8-3-1-2-4-9(8)13-10/h1-4,7,12H,5-6H2. The zero-order chi connectivity index (χ0) is 8.89. The van der Waals surface area contributed by atoms with Crippen molar-refractivity contribution < 1.29 is 9.52 Å². The largest absolute Gasteiger partial charge is 0.458 e. The summed E-state index contributed by atoms with van der Waals surface area (Å²) in [7, 11) is 0. The van der Waals surface area contributed by atoms with Crippen LogP contribution in [0.4, 0.5) is 0 Å². The molecule has 0 atom stereocenters. The van der Waals surface area contributed by atoms with Crippen LogP contribution in [0.2, 0.25) is 0 Å². The molecule has 0 saturated heterocycles. The maximum Gasteiger partial charge on any atom is 0.136 e. The smallest absolute Gasteiger partial charge is 0.136 e. The van der Waals surface area contributed by atoms with Crippen LogP contribution in [0.5, 0.6) is 0 Å². The highest BCUT2D eigenvalue weighted by Gasteiger charge is 2.45. The van der Waals surface area contributed by atoms with Gasteiger partial charge in [0.2, 0.25) is 0 Å². The van der Waals surface area contributed by atoms with Gasteiger partial charge in [-0.2, -0.15) is 0 Å².